The van der Waals surface area contributed by atoms with E-state index in [2.05, 4.69) is 9.88 Å². The number of pyridine rings is 1. The maximum absolute atomic E-state index is 12.9. The summed E-state index contributed by atoms with van der Waals surface area (Å²) in [7, 11) is 1.58. The number of nitrogens with zero attached hydrogens (tertiary/aromatic N) is 2. The topological polar surface area (TPSA) is 82.9 Å². The van der Waals surface area contributed by atoms with E-state index in [-0.39, 0.29) is 5.92 Å². The molecule has 10 heteroatoms. The van der Waals surface area contributed by atoms with Crippen molar-refractivity contribution >= 4 is 28.6 Å². The summed E-state index contributed by atoms with van der Waals surface area (Å²) in [6.07, 6.45) is -1.80. The van der Waals surface area contributed by atoms with Crippen molar-refractivity contribution in [3.05, 3.63) is 65.9 Å². The molecule has 4 rings (SSSR count). The molecule has 1 fully saturated rings. The number of halogens is 3. The molecule has 1 aliphatic heterocycles. The summed E-state index contributed by atoms with van der Waals surface area (Å²) in [5.41, 5.74) is 0.822. The van der Waals surface area contributed by atoms with E-state index >= 15 is 0 Å². The minimum Gasteiger partial charge on any atom is -0.497 e. The minimum absolute atomic E-state index is 0.0721. The molecule has 1 aliphatic rings. The fourth-order valence-corrected chi connectivity index (χ4v) is 6.01. The van der Waals surface area contributed by atoms with Crippen molar-refractivity contribution in [1.29, 1.82) is 0 Å². The number of fused-ring (bicyclic) bond motifs is 1. The lowest BCUT2D eigenvalue weighted by atomic mass is 9.81. The monoisotopic (exact) mass is 548 g/mol. The molecule has 2 aromatic carbocycles. The molecule has 2 N–H and O–H groups in total. The summed E-state index contributed by atoms with van der Waals surface area (Å²) in [6.45, 7) is 1.68. The Morgan fingerprint density at radius 3 is 2.79 bits per heavy atom. The van der Waals surface area contributed by atoms with Crippen LogP contribution in [0.1, 0.15) is 36.5 Å². The lowest BCUT2D eigenvalue weighted by Crippen LogP contribution is -2.44. The smallest absolute Gasteiger partial charge is 0.416 e. The number of methoxy groups -OCH3 is 1. The lowest BCUT2D eigenvalue weighted by molar-refractivity contribution is -0.146. The fourth-order valence-electron chi connectivity index (χ4n) is 5.04. The number of aliphatic carboxylic acids is 1. The average molecular weight is 549 g/mol. The van der Waals surface area contributed by atoms with Gasteiger partial charge in [-0.3, -0.25) is 9.78 Å². The van der Waals surface area contributed by atoms with E-state index in [1.807, 2.05) is 18.2 Å². The Hall–Kier alpha value is -2.82. The number of aromatic nitrogens is 1. The zero-order chi connectivity index (χ0) is 27.3. The molecule has 0 bridgehead atoms. The predicted molar refractivity (Wildman–Crippen MR) is 140 cm³/mol. The number of piperidine rings is 1. The van der Waals surface area contributed by atoms with Gasteiger partial charge in [0.05, 0.1) is 30.2 Å². The molecule has 0 radical (unpaired) electrons. The summed E-state index contributed by atoms with van der Waals surface area (Å²) >= 11 is 1.33. The summed E-state index contributed by atoms with van der Waals surface area (Å²) in [5.74, 6) is -0.265. The van der Waals surface area contributed by atoms with Gasteiger partial charge in [0, 0.05) is 35.3 Å². The van der Waals surface area contributed by atoms with Crippen molar-refractivity contribution in [1.82, 2.24) is 9.88 Å². The van der Waals surface area contributed by atoms with Crippen LogP contribution in [0.25, 0.3) is 10.9 Å². The van der Waals surface area contributed by atoms with Crippen LogP contribution in [0.15, 0.2) is 59.6 Å². The minimum atomic E-state index is -4.38. The number of rotatable bonds is 10. The predicted octanol–water partition coefficient (Wildman–Crippen LogP) is 5.89. The second-order valence-electron chi connectivity index (χ2n) is 9.54. The van der Waals surface area contributed by atoms with Gasteiger partial charge in [-0.1, -0.05) is 6.07 Å². The van der Waals surface area contributed by atoms with Crippen molar-refractivity contribution in [2.45, 2.75) is 36.4 Å². The Morgan fingerprint density at radius 1 is 1.24 bits per heavy atom. The molecule has 0 saturated carbocycles. The summed E-state index contributed by atoms with van der Waals surface area (Å²) < 4.78 is 44.2. The third kappa shape index (κ3) is 6.98. The van der Waals surface area contributed by atoms with Gasteiger partial charge in [0.15, 0.2) is 0 Å². The number of aliphatic hydroxyl groups excluding tert-OH is 1. The van der Waals surface area contributed by atoms with Crippen LogP contribution >= 0.6 is 11.8 Å². The molecular formula is C28H31F3N2O4S. The Labute approximate surface area is 223 Å². The van der Waals surface area contributed by atoms with Crippen molar-refractivity contribution < 1.29 is 32.9 Å². The number of carboxylic acid groups (broad SMARTS) is 1. The van der Waals surface area contributed by atoms with Gasteiger partial charge >= 0.3 is 12.1 Å². The normalized spacial score (nSPS) is 19.4. The SMILES string of the molecule is COc1ccc2nccc([C@H](O)CC[C@@H]3CCN(CCSc4cccc(C(F)(F)F)c4)C[C@@H]3C(=O)O)c2c1. The van der Waals surface area contributed by atoms with Crippen LogP contribution in [0.4, 0.5) is 13.2 Å². The number of carboxylic acids is 1. The van der Waals surface area contributed by atoms with Crippen molar-refractivity contribution in [3.63, 3.8) is 0 Å². The first kappa shape index (κ1) is 28.2. The zero-order valence-corrected chi connectivity index (χ0v) is 21.8. The second kappa shape index (κ2) is 12.4. The van der Waals surface area contributed by atoms with Crippen LogP contribution in [-0.2, 0) is 11.0 Å². The zero-order valence-electron chi connectivity index (χ0n) is 21.0. The van der Waals surface area contributed by atoms with Crippen LogP contribution in [0.3, 0.4) is 0 Å². The van der Waals surface area contributed by atoms with Gasteiger partial charge in [0.1, 0.15) is 5.75 Å². The molecule has 0 amide bonds. The summed E-state index contributed by atoms with van der Waals surface area (Å²) in [4.78, 5) is 19.0. The Morgan fingerprint density at radius 2 is 2.05 bits per heavy atom. The second-order valence-corrected chi connectivity index (χ2v) is 10.7. The number of benzene rings is 2. The number of hydrogen-bond donors (Lipinski definition) is 2. The van der Waals surface area contributed by atoms with Gasteiger partial charge in [0.2, 0.25) is 0 Å². The van der Waals surface area contributed by atoms with E-state index in [0.29, 0.717) is 55.3 Å². The number of likely N-dealkylation sites (tertiary alicyclic amines) is 1. The molecule has 0 aliphatic carbocycles. The first-order chi connectivity index (χ1) is 18.2. The number of carbonyl (C=O) groups is 1. The first-order valence-corrected chi connectivity index (χ1v) is 13.5. The molecule has 38 heavy (non-hydrogen) atoms. The maximum atomic E-state index is 12.9. The molecule has 0 spiro atoms. The van der Waals surface area contributed by atoms with E-state index in [0.717, 1.165) is 28.6 Å². The molecule has 0 unspecified atom stereocenters. The largest absolute Gasteiger partial charge is 0.497 e. The Bertz CT molecular complexity index is 1260. The number of aliphatic hydroxyl groups is 1. The van der Waals surface area contributed by atoms with E-state index in [1.54, 1.807) is 25.4 Å². The van der Waals surface area contributed by atoms with Crippen molar-refractivity contribution in [2.24, 2.45) is 11.8 Å². The number of alkyl halides is 3. The number of hydrogen-bond acceptors (Lipinski definition) is 6. The van der Waals surface area contributed by atoms with Gasteiger partial charge in [-0.15, -0.1) is 11.8 Å². The molecule has 1 saturated heterocycles. The molecule has 204 valence electrons. The van der Waals surface area contributed by atoms with Gasteiger partial charge < -0.3 is 19.8 Å². The molecule has 6 nitrogen and oxygen atoms in total. The van der Waals surface area contributed by atoms with Crippen LogP contribution < -0.4 is 4.74 Å². The van der Waals surface area contributed by atoms with E-state index < -0.39 is 29.7 Å². The highest BCUT2D eigenvalue weighted by atomic mass is 32.2. The van der Waals surface area contributed by atoms with Crippen LogP contribution in [-0.4, -0.2) is 58.6 Å². The highest BCUT2D eigenvalue weighted by molar-refractivity contribution is 7.99. The van der Waals surface area contributed by atoms with E-state index in [9.17, 15) is 28.2 Å². The van der Waals surface area contributed by atoms with Gasteiger partial charge in [-0.05, 0) is 79.8 Å². The Kier molecular flexibility index (Phi) is 9.17. The maximum Gasteiger partial charge on any atom is 0.416 e. The molecular weight excluding hydrogens is 517 g/mol. The average Bonchev–Trinajstić information content (AvgIpc) is 2.91. The highest BCUT2D eigenvalue weighted by Gasteiger charge is 2.34. The van der Waals surface area contributed by atoms with E-state index in [4.69, 9.17) is 4.74 Å². The summed E-state index contributed by atoms with van der Waals surface area (Å²) in [5, 5.41) is 21.7. The van der Waals surface area contributed by atoms with Gasteiger partial charge in [-0.2, -0.15) is 13.2 Å². The Balaban J connectivity index is 1.32. The number of thioether (sulfide) groups is 1. The quantitative estimate of drug-likeness (QED) is 0.306. The third-order valence-corrected chi connectivity index (χ3v) is 8.12. The molecule has 2 heterocycles. The number of ether oxygens (including phenoxy) is 1. The van der Waals surface area contributed by atoms with Crippen molar-refractivity contribution in [3.8, 4) is 5.75 Å². The van der Waals surface area contributed by atoms with E-state index in [1.165, 1.54) is 17.8 Å². The molecule has 3 aromatic rings. The van der Waals surface area contributed by atoms with Crippen LogP contribution in [0, 0.1) is 11.8 Å². The highest BCUT2D eigenvalue weighted by Crippen LogP contribution is 2.35. The van der Waals surface area contributed by atoms with Crippen molar-refractivity contribution in [2.75, 3.05) is 32.5 Å². The lowest BCUT2D eigenvalue weighted by Gasteiger charge is -2.37. The fraction of sp³-hybridized carbons (Fsp3) is 0.429. The standard InChI is InChI=1S/C28H31F3N2O4S/c1-37-20-6-7-25-23(16-20)22(9-11-32-25)26(34)8-5-18-10-12-33(17-24(18)27(35)36)13-14-38-21-4-2-3-19(15-21)28(29,30)31/h2-4,6-7,9,11,15-16,18,24,26,34H,5,8,10,12-14,17H2,1H3,(H,35,36)/t18-,24+,26-/m1/s1. The summed E-state index contributed by atoms with van der Waals surface area (Å²) in [6, 6.07) is 12.5. The third-order valence-electron chi connectivity index (χ3n) is 7.15. The first-order valence-electron chi connectivity index (χ1n) is 12.5. The molecule has 1 aromatic heterocycles. The van der Waals surface area contributed by atoms with Gasteiger partial charge in [0.25, 0.3) is 0 Å². The molecule has 3 atom stereocenters. The van der Waals surface area contributed by atoms with Gasteiger partial charge in [-0.25, -0.2) is 0 Å². The van der Waals surface area contributed by atoms with Crippen LogP contribution in [0.2, 0.25) is 0 Å². The van der Waals surface area contributed by atoms with Crippen LogP contribution in [0.5, 0.6) is 5.75 Å².